The number of nitrogen functional groups attached to an aromatic ring is 2. The fourth-order valence-corrected chi connectivity index (χ4v) is 25.6. The van der Waals surface area contributed by atoms with Gasteiger partial charge in [-0.05, 0) is 48.5 Å². The van der Waals surface area contributed by atoms with Gasteiger partial charge in [0.15, 0.2) is 47.8 Å². The average Bonchev–Trinajstić information content (AvgIpc) is 1.55. The summed E-state index contributed by atoms with van der Waals surface area (Å²) in [5.41, 5.74) is -3.68. The van der Waals surface area contributed by atoms with Crippen molar-refractivity contribution in [1.29, 1.82) is 0 Å². The maximum Gasteiger partial charge on any atom is 0.330 e. The fourth-order valence-electron chi connectivity index (χ4n) is 17.4. The van der Waals surface area contributed by atoms with Gasteiger partial charge in [0, 0.05) is 73.4 Å². The molecule has 17 rings (SSSR count). The molecule has 8 aromatic heterocycles. The zero-order valence-corrected chi connectivity index (χ0v) is 81.0. The monoisotopic (exact) mass is 2120 g/mol. The van der Waals surface area contributed by atoms with Gasteiger partial charge in [-0.15, -0.1) is 0 Å². The van der Waals surface area contributed by atoms with Crippen molar-refractivity contribution >= 4 is 146 Å². The van der Waals surface area contributed by atoms with Gasteiger partial charge in [-0.2, -0.15) is 9.97 Å². The van der Waals surface area contributed by atoms with Gasteiger partial charge in [0.25, 0.3) is 33.4 Å². The minimum atomic E-state index is -5.28. The third-order valence-corrected chi connectivity index (χ3v) is 33.6. The fraction of sp³-hybridized carbons (Fsp3) is 0.612. The average molecular weight is 2120 g/mol. The summed E-state index contributed by atoms with van der Waals surface area (Å²) in [6.45, 7) is -25.6. The van der Waals surface area contributed by atoms with Crippen LogP contribution in [-0.2, 0) is 173 Å². The number of aliphatic hydroxyl groups excluding tert-OH is 1. The number of aromatic nitrogens is 16. The number of nitrogens with zero attached hydrogens (tertiary/aromatic N) is 10. The lowest BCUT2D eigenvalue weighted by atomic mass is 9.94. The van der Waals surface area contributed by atoms with Gasteiger partial charge in [-0.3, -0.25) is 90.6 Å². The standard InChI is InChI=1S/C67H86N18O38P6S6/c1-24-12-80(61(93)76-50(24)87)37-9-31(118-124(97,130)103-8)34(112-37)16-104-125(98,131)119-32-10-38(81-13-25(2)51(88)77-62(81)94)113-35(32)17-105-126(99,132)120-33-11-39(82-14-26(3)52(89)78-63(82)95)114-36(33)18-106-127(100,133)122-47-44-58(85-23-71-41-49(85)73-60(69)75-55(41)92)117-67(47,30(7)111-44)21-108-129(102,135)123-46-43-56(83-15-27(4)53(90)79-64(83)96)116-66(46,29(6)110-43)20-107-128(101,134)121-45-42-57(115-65(45,19-86)28(5)109-42)84-22-70-40-48(84)72-59(68)74-54(40)91/h12-15,22-23,28-39,42-47,56-58,86H,9-11,16-21H2,1-8H3,(H,97,130)(H,98,131)(H,99,132)(H,100,133)(H,101,134)(H,102,135)(H,76,87,93)(H,77,88,94)(H,78,89,95)(H,79,90,96)(H3,68,72,74,91)(H3,69,73,75,92)/p-6/t28-,29-,30-,31?,32?,33?,34+,35+,36+,37+,38+,39+,42-,43-,44-,45?,46?,47?,56+,57+,58+,65-,66-,67-,124?,125?,126?,127?,128?,129?/m0/s1. The predicted octanol–water partition coefficient (Wildman–Crippen LogP) is -5.51. The normalized spacial score (nSPS) is 34.1. The molecular weight excluding hydrogens is 2040 g/mol. The van der Waals surface area contributed by atoms with E-state index in [2.05, 4.69) is 49.8 Å². The molecule has 9 saturated heterocycles. The van der Waals surface area contributed by atoms with E-state index in [4.69, 9.17) is 180 Å². The Labute approximate surface area is 784 Å². The van der Waals surface area contributed by atoms with Crippen molar-refractivity contribution in [2.45, 2.75) is 213 Å². The molecule has 6 bridgehead atoms. The smallest absolute Gasteiger partial charge is 0.330 e. The van der Waals surface area contributed by atoms with Crippen molar-refractivity contribution in [3.05, 3.63) is 164 Å². The first-order valence-electron chi connectivity index (χ1n) is 40.4. The van der Waals surface area contributed by atoms with E-state index in [9.17, 15) is 72.6 Å². The van der Waals surface area contributed by atoms with Crippen LogP contribution in [0, 0.1) is 27.7 Å². The third-order valence-electron chi connectivity index (χ3n) is 24.2. The number of aryl methyl sites for hydroxylation is 4. The second-order valence-corrected chi connectivity index (χ2v) is 49.0. The molecule has 30 atom stereocenters. The number of aromatic amines is 6. The summed E-state index contributed by atoms with van der Waals surface area (Å²) in [6.07, 6.45) is -25.7. The van der Waals surface area contributed by atoms with Gasteiger partial charge < -0.3 is 150 Å². The van der Waals surface area contributed by atoms with Crippen molar-refractivity contribution in [3.8, 4) is 0 Å². The molecule has 0 amide bonds. The summed E-state index contributed by atoms with van der Waals surface area (Å²) in [6, 6.07) is 0. The number of nitrogens with two attached hydrogens (primary N) is 2. The van der Waals surface area contributed by atoms with Gasteiger partial charge in [-0.25, -0.2) is 29.1 Å². The van der Waals surface area contributed by atoms with Gasteiger partial charge in [0.2, 0.25) is 11.9 Å². The lowest BCUT2D eigenvalue weighted by Crippen LogP contribution is -2.52. The minimum Gasteiger partial charge on any atom is -0.780 e. The van der Waals surface area contributed by atoms with Crippen LogP contribution in [0.5, 0.6) is 0 Å². The first-order valence-corrected chi connectivity index (χ1v) is 55.7. The van der Waals surface area contributed by atoms with Gasteiger partial charge >= 0.3 is 22.8 Å². The van der Waals surface area contributed by atoms with E-state index in [0.717, 1.165) is 50.3 Å². The van der Waals surface area contributed by atoms with Crippen LogP contribution in [0.3, 0.4) is 0 Å². The molecule has 0 aromatic carbocycles. The minimum absolute atomic E-state index is 0.0136. The lowest BCUT2D eigenvalue weighted by Gasteiger charge is -2.42. The Morgan fingerprint density at radius 1 is 0.444 bits per heavy atom. The number of H-pyrrole nitrogens is 6. The molecule has 68 heteroatoms. The molecule has 0 radical (unpaired) electrons. The summed E-state index contributed by atoms with van der Waals surface area (Å²) in [7, 11) is 1.00. The number of hydrogen-bond donors (Lipinski definition) is 9. The Balaban J connectivity index is 0.622. The Kier molecular flexibility index (Phi) is 27.7. The quantitative estimate of drug-likeness (QED) is 0.0132. The summed E-state index contributed by atoms with van der Waals surface area (Å²) in [5.74, 6) is -0.692. The number of hydrogen-bond acceptors (Lipinski definition) is 50. The van der Waals surface area contributed by atoms with Gasteiger partial charge in [-0.1, -0.05) is 59.0 Å². The van der Waals surface area contributed by atoms with E-state index in [1.54, 1.807) is 0 Å². The van der Waals surface area contributed by atoms with Crippen LogP contribution in [0.15, 0.2) is 85.4 Å². The van der Waals surface area contributed by atoms with Crippen molar-refractivity contribution in [1.82, 2.24) is 77.2 Å². The van der Waals surface area contributed by atoms with Crippen molar-refractivity contribution in [2.75, 3.05) is 58.2 Å². The number of anilines is 2. The van der Waals surface area contributed by atoms with E-state index in [1.165, 1.54) is 70.1 Å². The molecule has 0 saturated carbocycles. The molecule has 8 aromatic rings. The molecule has 12 unspecified atom stereocenters. The van der Waals surface area contributed by atoms with E-state index < -0.39 is 301 Å². The van der Waals surface area contributed by atoms with Crippen molar-refractivity contribution in [2.24, 2.45) is 0 Å². The summed E-state index contributed by atoms with van der Waals surface area (Å²) >= 11 is 32.8. The summed E-state index contributed by atoms with van der Waals surface area (Å²) in [5, 5.41) is 11.1. The highest BCUT2D eigenvalue weighted by Crippen LogP contribution is 2.64. The maximum atomic E-state index is 15.5. The summed E-state index contributed by atoms with van der Waals surface area (Å²) < 4.78 is 150. The zero-order valence-electron chi connectivity index (χ0n) is 70.8. The van der Waals surface area contributed by atoms with Crippen molar-refractivity contribution in [3.63, 3.8) is 0 Å². The number of aliphatic hydroxyl groups is 1. The van der Waals surface area contributed by atoms with Crippen LogP contribution in [0.25, 0.3) is 22.3 Å². The Morgan fingerprint density at radius 3 is 1.13 bits per heavy atom. The number of nitrogens with one attached hydrogen (secondary N) is 6. The highest BCUT2D eigenvalue weighted by atomic mass is 32.7. The molecule has 135 heavy (non-hydrogen) atoms. The zero-order chi connectivity index (χ0) is 97.2. The molecular formula is C67H80N18O38P6S6-6. The van der Waals surface area contributed by atoms with Gasteiger partial charge in [0.1, 0.15) is 124 Å². The van der Waals surface area contributed by atoms with Crippen LogP contribution in [-0.4, -0.2) is 237 Å². The largest absolute Gasteiger partial charge is 0.780 e. The van der Waals surface area contributed by atoms with Crippen LogP contribution in [0.1, 0.15) is 99.7 Å². The Morgan fingerprint density at radius 2 is 0.756 bits per heavy atom. The molecule has 11 N–H and O–H groups in total. The molecule has 9 fully saturated rings. The SMILES string of the molecule is COP([O-])(=S)OC1C[C@H](n2cc(C)c(=O)[nH]c2=O)O[C@@H]1COP([O-])(=S)OC1C[C@H](n2cc(C)c(=O)[nH]c2=O)O[C@@H]1COP([O-])(=S)OC1C[C@H](n2cc(C)c(=O)[nH]c2=O)O[C@@H]1COP([O-])(=S)OC1[C@@H]2O[C@@H](C)[C@]1(COP(=O)([S-])OC1[C@@H]3O[C@@H](C)[C@]1(COP([O-])(=S)OC1[C@@H]4O[C@@H](C)[C@]1(CO)O[C@H]4n1cnc4c(=O)[nH]c(N)nc41)O[C@H]3n1cc(C)c(=O)[nH]c1=O)O[C@H]2n1cnc2c(=O)[nH]c(N)nc21. The number of imidazole rings is 2. The van der Waals surface area contributed by atoms with Crippen LogP contribution in [0.2, 0.25) is 0 Å². The van der Waals surface area contributed by atoms with E-state index in [1.807, 2.05) is 0 Å². The topological polar surface area (TPSA) is 745 Å². The number of fused-ring (bicyclic) bond motifs is 8. The predicted molar refractivity (Wildman–Crippen MR) is 466 cm³/mol. The van der Waals surface area contributed by atoms with Crippen LogP contribution < -0.4 is 92.0 Å². The van der Waals surface area contributed by atoms with Gasteiger partial charge in [0.05, 0.1) is 88.9 Å². The lowest BCUT2D eigenvalue weighted by molar-refractivity contribution is -0.240. The van der Waals surface area contributed by atoms with Crippen molar-refractivity contribution < 1.29 is 131 Å². The maximum absolute atomic E-state index is 15.5. The molecule has 0 spiro atoms. The first-order chi connectivity index (χ1) is 63.3. The third kappa shape index (κ3) is 19.4. The molecule has 17 heterocycles. The second-order valence-electron chi connectivity index (χ2n) is 32.6. The molecule has 56 nitrogen and oxygen atoms in total. The molecule has 9 aliphatic rings. The first kappa shape index (κ1) is 100. The molecule has 9 aliphatic heterocycles. The number of rotatable bonds is 35. The molecule has 0 aliphatic carbocycles. The van der Waals surface area contributed by atoms with E-state index in [0.29, 0.717) is 0 Å². The van der Waals surface area contributed by atoms with Crippen LogP contribution >= 0.6 is 40.4 Å². The van der Waals surface area contributed by atoms with Crippen LogP contribution in [0.4, 0.5) is 11.9 Å². The highest BCUT2D eigenvalue weighted by Gasteiger charge is 2.72. The van der Waals surface area contributed by atoms with E-state index >= 15 is 9.46 Å². The van der Waals surface area contributed by atoms with E-state index in [-0.39, 0.29) is 57.0 Å². The highest BCUT2D eigenvalue weighted by molar-refractivity contribution is 8.32. The summed E-state index contributed by atoms with van der Waals surface area (Å²) in [4.78, 5) is 233. The number of ether oxygens (including phenoxy) is 9. The molecule has 738 valence electrons. The Bertz CT molecular complexity index is 7020. The second kappa shape index (κ2) is 37.3. The Hall–Kier alpha value is -6.23.